The number of likely N-dealkylation sites (tertiary alicyclic amines) is 1. The smallest absolute Gasteiger partial charge is 0.321 e. The van der Waals surface area contributed by atoms with Gasteiger partial charge in [0.2, 0.25) is 0 Å². The van der Waals surface area contributed by atoms with Crippen molar-refractivity contribution >= 4 is 17.6 Å². The highest BCUT2D eigenvalue weighted by Gasteiger charge is 2.23. The Morgan fingerprint density at radius 2 is 1.78 bits per heavy atom. The van der Waals surface area contributed by atoms with Crippen LogP contribution in [0.3, 0.4) is 0 Å². The summed E-state index contributed by atoms with van der Waals surface area (Å²) >= 11 is 0. The van der Waals surface area contributed by atoms with Crippen LogP contribution < -0.4 is 15.4 Å². The number of hydrogen-bond acceptors (Lipinski definition) is 4. The highest BCUT2D eigenvalue weighted by Crippen LogP contribution is 2.26. The molecule has 1 aliphatic heterocycles. The Kier molecular flexibility index (Phi) is 8.92. The molecule has 7 heteroatoms. The highest BCUT2D eigenvalue weighted by atomic mass is 16.5. The van der Waals surface area contributed by atoms with Gasteiger partial charge in [-0.3, -0.25) is 4.79 Å². The fourth-order valence-corrected chi connectivity index (χ4v) is 3.88. The molecule has 0 bridgehead atoms. The molecule has 0 saturated carbocycles. The predicted octanol–water partition coefficient (Wildman–Crippen LogP) is 3.95. The first kappa shape index (κ1) is 23.6. The van der Waals surface area contributed by atoms with Gasteiger partial charge in [0.05, 0.1) is 18.9 Å². The van der Waals surface area contributed by atoms with E-state index in [-0.39, 0.29) is 11.9 Å². The second-order valence-electron chi connectivity index (χ2n) is 7.94. The third kappa shape index (κ3) is 6.72. The summed E-state index contributed by atoms with van der Waals surface area (Å²) in [5.41, 5.74) is 2.57. The van der Waals surface area contributed by atoms with E-state index in [1.54, 1.807) is 7.11 Å². The first-order chi connectivity index (χ1) is 15.6. The van der Waals surface area contributed by atoms with E-state index in [4.69, 9.17) is 9.47 Å². The van der Waals surface area contributed by atoms with Gasteiger partial charge in [-0.2, -0.15) is 0 Å². The van der Waals surface area contributed by atoms with Crippen molar-refractivity contribution in [2.24, 2.45) is 5.92 Å². The molecule has 0 spiro atoms. The number of carbonyl (C=O) groups excluding carboxylic acids is 2. The molecule has 0 aliphatic carbocycles. The first-order valence-corrected chi connectivity index (χ1v) is 11.2. The number of nitrogens with one attached hydrogen (secondary N) is 2. The summed E-state index contributed by atoms with van der Waals surface area (Å²) in [5, 5.41) is 5.81. The first-order valence-electron chi connectivity index (χ1n) is 11.2. The fraction of sp³-hybridized carbons (Fsp3) is 0.440. The van der Waals surface area contributed by atoms with Crippen molar-refractivity contribution in [3.05, 3.63) is 59.7 Å². The fourth-order valence-electron chi connectivity index (χ4n) is 3.88. The van der Waals surface area contributed by atoms with E-state index in [0.717, 1.165) is 32.4 Å². The van der Waals surface area contributed by atoms with Gasteiger partial charge in [0, 0.05) is 32.3 Å². The van der Waals surface area contributed by atoms with Crippen molar-refractivity contribution < 1.29 is 19.1 Å². The number of ether oxygens (including phenoxy) is 2. The lowest BCUT2D eigenvalue weighted by Crippen LogP contribution is -2.41. The molecule has 2 aromatic rings. The van der Waals surface area contributed by atoms with Crippen LogP contribution in [0.5, 0.6) is 5.75 Å². The summed E-state index contributed by atoms with van der Waals surface area (Å²) in [5.74, 6) is 1.13. The molecule has 3 rings (SSSR count). The largest absolute Gasteiger partial charge is 0.492 e. The van der Waals surface area contributed by atoms with Crippen LogP contribution in [-0.2, 0) is 11.2 Å². The number of nitrogens with zero attached hydrogens (tertiary/aromatic N) is 1. The van der Waals surface area contributed by atoms with E-state index < -0.39 is 0 Å². The zero-order valence-electron chi connectivity index (χ0n) is 18.9. The van der Waals surface area contributed by atoms with Gasteiger partial charge < -0.3 is 25.0 Å². The van der Waals surface area contributed by atoms with E-state index in [2.05, 4.69) is 10.6 Å². The van der Waals surface area contributed by atoms with Crippen LogP contribution in [0, 0.1) is 5.92 Å². The average Bonchev–Trinajstić information content (AvgIpc) is 2.81. The van der Waals surface area contributed by atoms with E-state index in [1.807, 2.05) is 60.4 Å². The Labute approximate surface area is 190 Å². The molecule has 2 aromatic carbocycles. The third-order valence-electron chi connectivity index (χ3n) is 5.66. The van der Waals surface area contributed by atoms with Gasteiger partial charge in [0.25, 0.3) is 5.91 Å². The van der Waals surface area contributed by atoms with E-state index in [9.17, 15) is 9.59 Å². The van der Waals surface area contributed by atoms with Crippen LogP contribution in [0.25, 0.3) is 0 Å². The predicted molar refractivity (Wildman–Crippen MR) is 125 cm³/mol. The molecule has 1 heterocycles. The lowest BCUT2D eigenvalue weighted by molar-refractivity contribution is 0.0937. The van der Waals surface area contributed by atoms with Gasteiger partial charge in [-0.05, 0) is 61.9 Å². The lowest BCUT2D eigenvalue weighted by Gasteiger charge is -2.32. The molecule has 0 unspecified atom stereocenters. The van der Waals surface area contributed by atoms with Crippen molar-refractivity contribution in [1.82, 2.24) is 10.2 Å². The summed E-state index contributed by atoms with van der Waals surface area (Å²) in [4.78, 5) is 26.7. The SMILES string of the molecule is CCOc1ccccc1NC(=O)N1CCC(Cc2ccc(C(=O)NCCOC)cc2)CC1. The molecule has 2 N–H and O–H groups in total. The Balaban J connectivity index is 1.45. The van der Waals surface area contributed by atoms with Crippen molar-refractivity contribution in [2.45, 2.75) is 26.2 Å². The quantitative estimate of drug-likeness (QED) is 0.580. The van der Waals surface area contributed by atoms with Gasteiger partial charge in [-0.25, -0.2) is 4.79 Å². The van der Waals surface area contributed by atoms with Gasteiger partial charge in [0.15, 0.2) is 0 Å². The number of rotatable bonds is 9. The van der Waals surface area contributed by atoms with E-state index >= 15 is 0 Å². The maximum atomic E-state index is 12.7. The third-order valence-corrected chi connectivity index (χ3v) is 5.66. The van der Waals surface area contributed by atoms with Crippen molar-refractivity contribution in [3.63, 3.8) is 0 Å². The lowest BCUT2D eigenvalue weighted by atomic mass is 9.90. The molecule has 32 heavy (non-hydrogen) atoms. The summed E-state index contributed by atoms with van der Waals surface area (Å²) in [6.45, 7) is 4.94. The Morgan fingerprint density at radius 3 is 2.47 bits per heavy atom. The number of hydrogen-bond donors (Lipinski definition) is 2. The van der Waals surface area contributed by atoms with Gasteiger partial charge in [-0.15, -0.1) is 0 Å². The van der Waals surface area contributed by atoms with Crippen LogP contribution in [0.15, 0.2) is 48.5 Å². The van der Waals surface area contributed by atoms with Crippen LogP contribution in [0.4, 0.5) is 10.5 Å². The number of amides is 3. The molecule has 1 aliphatic rings. The molecular formula is C25H33N3O4. The normalized spacial score (nSPS) is 14.1. The zero-order valence-corrected chi connectivity index (χ0v) is 18.9. The number of methoxy groups -OCH3 is 1. The van der Waals surface area contributed by atoms with Crippen molar-refractivity contribution in [2.75, 3.05) is 45.3 Å². The molecule has 172 valence electrons. The average molecular weight is 440 g/mol. The van der Waals surface area contributed by atoms with Crippen molar-refractivity contribution in [3.8, 4) is 5.75 Å². The molecule has 0 atom stereocenters. The van der Waals surface area contributed by atoms with Gasteiger partial charge in [0.1, 0.15) is 5.75 Å². The molecule has 0 aromatic heterocycles. The number of urea groups is 1. The van der Waals surface area contributed by atoms with Crippen LogP contribution >= 0.6 is 0 Å². The second-order valence-corrected chi connectivity index (χ2v) is 7.94. The topological polar surface area (TPSA) is 79.9 Å². The highest BCUT2D eigenvalue weighted by molar-refractivity contribution is 5.94. The Hall–Kier alpha value is -3.06. The molecule has 0 radical (unpaired) electrons. The summed E-state index contributed by atoms with van der Waals surface area (Å²) < 4.78 is 10.5. The molecule has 7 nitrogen and oxygen atoms in total. The van der Waals surface area contributed by atoms with Gasteiger partial charge >= 0.3 is 6.03 Å². The minimum atomic E-state index is -0.0844. The maximum absolute atomic E-state index is 12.7. The number of para-hydroxylation sites is 2. The second kappa shape index (κ2) is 12.1. The zero-order chi connectivity index (χ0) is 22.8. The summed E-state index contributed by atoms with van der Waals surface area (Å²) in [6, 6.07) is 15.2. The number of carbonyl (C=O) groups is 2. The maximum Gasteiger partial charge on any atom is 0.321 e. The Morgan fingerprint density at radius 1 is 1.06 bits per heavy atom. The summed E-state index contributed by atoms with van der Waals surface area (Å²) in [6.07, 6.45) is 2.87. The van der Waals surface area contributed by atoms with Gasteiger partial charge in [-0.1, -0.05) is 24.3 Å². The molecule has 3 amide bonds. The minimum absolute atomic E-state index is 0.0839. The Bertz CT molecular complexity index is 877. The minimum Gasteiger partial charge on any atom is -0.492 e. The molecule has 1 saturated heterocycles. The van der Waals surface area contributed by atoms with E-state index in [1.165, 1.54) is 5.56 Å². The monoisotopic (exact) mass is 439 g/mol. The van der Waals surface area contributed by atoms with Crippen LogP contribution in [-0.4, -0.2) is 56.8 Å². The van der Waals surface area contributed by atoms with Crippen LogP contribution in [0.1, 0.15) is 35.7 Å². The standard InChI is InChI=1S/C25H33N3O4/c1-3-32-23-7-5-4-6-22(23)27-25(30)28-15-12-20(13-16-28)18-19-8-10-21(11-9-19)24(29)26-14-17-31-2/h4-11,20H,3,12-18H2,1-2H3,(H,26,29)(H,27,30). The number of anilines is 1. The summed E-state index contributed by atoms with van der Waals surface area (Å²) in [7, 11) is 1.61. The number of piperidine rings is 1. The van der Waals surface area contributed by atoms with Crippen molar-refractivity contribution in [1.29, 1.82) is 0 Å². The molecule has 1 fully saturated rings. The van der Waals surface area contributed by atoms with E-state index in [0.29, 0.717) is 42.7 Å². The van der Waals surface area contributed by atoms with Crippen LogP contribution in [0.2, 0.25) is 0 Å². The number of benzene rings is 2. The molecular weight excluding hydrogens is 406 g/mol.